The molecule has 1 saturated heterocycles. The molecule has 0 unspecified atom stereocenters. The van der Waals surface area contributed by atoms with Crippen LogP contribution in [0.15, 0.2) is 18.3 Å². The van der Waals surface area contributed by atoms with E-state index in [2.05, 4.69) is 28.9 Å². The van der Waals surface area contributed by atoms with Crippen LogP contribution in [0.5, 0.6) is 0 Å². The Morgan fingerprint density at radius 1 is 1.57 bits per heavy atom. The molecular weight excluding hydrogens is 172 g/mol. The minimum absolute atomic E-state index is 0.302. The van der Waals surface area contributed by atoms with Crippen molar-refractivity contribution >= 4 is 0 Å². The van der Waals surface area contributed by atoms with Gasteiger partial charge in [-0.1, -0.05) is 13.0 Å². The molecule has 0 amide bonds. The number of pyridine rings is 1. The molecule has 14 heavy (non-hydrogen) atoms. The molecule has 0 saturated carbocycles. The van der Waals surface area contributed by atoms with Gasteiger partial charge in [0.15, 0.2) is 0 Å². The summed E-state index contributed by atoms with van der Waals surface area (Å²) in [5.74, 6) is 0. The second-order valence-corrected chi connectivity index (χ2v) is 4.42. The molecule has 0 N–H and O–H groups in total. The molecule has 2 aliphatic rings. The second kappa shape index (κ2) is 2.80. The van der Waals surface area contributed by atoms with E-state index >= 15 is 0 Å². The maximum absolute atomic E-state index is 4.60. The summed E-state index contributed by atoms with van der Waals surface area (Å²) in [6, 6.07) is 4.29. The fourth-order valence-corrected chi connectivity index (χ4v) is 3.19. The number of rotatable bonds is 1. The van der Waals surface area contributed by atoms with Gasteiger partial charge in [0.2, 0.25) is 0 Å². The van der Waals surface area contributed by atoms with E-state index in [0.717, 1.165) is 6.54 Å². The molecule has 2 aliphatic heterocycles. The highest BCUT2D eigenvalue weighted by Crippen LogP contribution is 2.47. The summed E-state index contributed by atoms with van der Waals surface area (Å²) in [6.07, 6.45) is 5.78. The highest BCUT2D eigenvalue weighted by Gasteiger charge is 2.47. The van der Waals surface area contributed by atoms with Gasteiger partial charge >= 0.3 is 0 Å². The average molecular weight is 188 g/mol. The standard InChI is InChI=1S/C12H16N2/c1-2-12-6-4-8-14(12)9-10-5-3-7-13-11(10)12/h3,5,7H,2,4,6,8-9H2,1H3/t12-/m0/s1. The Hall–Kier alpha value is -0.890. The molecule has 0 bridgehead atoms. The molecule has 0 aliphatic carbocycles. The molecule has 2 heteroatoms. The van der Waals surface area contributed by atoms with Crippen LogP contribution in [0.4, 0.5) is 0 Å². The number of nitrogens with zero attached hydrogens (tertiary/aromatic N) is 2. The summed E-state index contributed by atoms with van der Waals surface area (Å²) >= 11 is 0. The molecule has 2 nitrogen and oxygen atoms in total. The normalized spacial score (nSPS) is 30.4. The van der Waals surface area contributed by atoms with Crippen molar-refractivity contribution < 1.29 is 0 Å². The Labute approximate surface area is 85.0 Å². The molecule has 0 aromatic carbocycles. The van der Waals surface area contributed by atoms with E-state index in [1.165, 1.54) is 37.1 Å². The van der Waals surface area contributed by atoms with Gasteiger partial charge in [0.05, 0.1) is 11.2 Å². The summed E-state index contributed by atoms with van der Waals surface area (Å²) in [6.45, 7) is 4.67. The fraction of sp³-hybridized carbons (Fsp3) is 0.583. The van der Waals surface area contributed by atoms with Crippen molar-refractivity contribution in [2.75, 3.05) is 6.54 Å². The van der Waals surface area contributed by atoms with Crippen molar-refractivity contribution in [3.63, 3.8) is 0 Å². The van der Waals surface area contributed by atoms with Crippen LogP contribution in [0.1, 0.15) is 37.4 Å². The lowest BCUT2D eigenvalue weighted by Crippen LogP contribution is -2.34. The van der Waals surface area contributed by atoms with Gasteiger partial charge in [-0.25, -0.2) is 0 Å². The fourth-order valence-electron chi connectivity index (χ4n) is 3.19. The topological polar surface area (TPSA) is 16.1 Å². The lowest BCUT2D eigenvalue weighted by molar-refractivity contribution is 0.148. The number of fused-ring (bicyclic) bond motifs is 3. The average Bonchev–Trinajstić information content (AvgIpc) is 2.73. The van der Waals surface area contributed by atoms with E-state index in [1.54, 1.807) is 0 Å². The van der Waals surface area contributed by atoms with Crippen LogP contribution in [0.3, 0.4) is 0 Å². The lowest BCUT2D eigenvalue weighted by atomic mass is 9.90. The first-order valence-electron chi connectivity index (χ1n) is 5.56. The van der Waals surface area contributed by atoms with E-state index < -0.39 is 0 Å². The van der Waals surface area contributed by atoms with E-state index in [-0.39, 0.29) is 0 Å². The number of hydrogen-bond acceptors (Lipinski definition) is 2. The van der Waals surface area contributed by atoms with E-state index in [9.17, 15) is 0 Å². The van der Waals surface area contributed by atoms with Crippen LogP contribution in [0.2, 0.25) is 0 Å². The second-order valence-electron chi connectivity index (χ2n) is 4.42. The Morgan fingerprint density at radius 2 is 2.50 bits per heavy atom. The SMILES string of the molecule is CC[C@@]12CCCN1Cc1cccnc12. The number of aromatic nitrogens is 1. The van der Waals surface area contributed by atoms with Gasteiger partial charge < -0.3 is 0 Å². The van der Waals surface area contributed by atoms with Crippen LogP contribution >= 0.6 is 0 Å². The maximum atomic E-state index is 4.60. The molecule has 1 atom stereocenters. The summed E-state index contributed by atoms with van der Waals surface area (Å²) in [7, 11) is 0. The summed E-state index contributed by atoms with van der Waals surface area (Å²) < 4.78 is 0. The van der Waals surface area contributed by atoms with Gasteiger partial charge in [-0.2, -0.15) is 0 Å². The predicted octanol–water partition coefficient (Wildman–Crippen LogP) is 2.30. The Morgan fingerprint density at radius 3 is 3.36 bits per heavy atom. The van der Waals surface area contributed by atoms with Crippen LogP contribution in [0, 0.1) is 0 Å². The molecule has 1 aromatic rings. The zero-order valence-corrected chi connectivity index (χ0v) is 8.66. The van der Waals surface area contributed by atoms with Gasteiger partial charge in [0, 0.05) is 12.7 Å². The smallest absolute Gasteiger partial charge is 0.0651 e. The minimum atomic E-state index is 0.302. The lowest BCUT2D eigenvalue weighted by Gasteiger charge is -2.30. The van der Waals surface area contributed by atoms with Crippen molar-refractivity contribution in [1.29, 1.82) is 0 Å². The molecule has 3 heterocycles. The largest absolute Gasteiger partial charge is 0.288 e. The zero-order chi connectivity index (χ0) is 9.60. The van der Waals surface area contributed by atoms with Crippen molar-refractivity contribution in [3.8, 4) is 0 Å². The molecule has 3 rings (SSSR count). The first kappa shape index (κ1) is 8.42. The third-order valence-corrected chi connectivity index (χ3v) is 3.90. The van der Waals surface area contributed by atoms with E-state index in [4.69, 9.17) is 0 Å². The summed E-state index contributed by atoms with van der Waals surface area (Å²) in [5, 5.41) is 0. The van der Waals surface area contributed by atoms with Crippen molar-refractivity contribution in [1.82, 2.24) is 9.88 Å². The highest BCUT2D eigenvalue weighted by molar-refractivity contribution is 5.33. The van der Waals surface area contributed by atoms with Crippen molar-refractivity contribution in [2.24, 2.45) is 0 Å². The van der Waals surface area contributed by atoms with E-state index in [0.29, 0.717) is 5.54 Å². The first-order valence-corrected chi connectivity index (χ1v) is 5.56. The van der Waals surface area contributed by atoms with Gasteiger partial charge in [-0.3, -0.25) is 9.88 Å². The Bertz CT molecular complexity index is 361. The van der Waals surface area contributed by atoms with Crippen molar-refractivity contribution in [2.45, 2.75) is 38.3 Å². The monoisotopic (exact) mass is 188 g/mol. The van der Waals surface area contributed by atoms with E-state index in [1.807, 2.05) is 6.20 Å². The van der Waals surface area contributed by atoms with Crippen LogP contribution < -0.4 is 0 Å². The molecular formula is C12H16N2. The summed E-state index contributed by atoms with van der Waals surface area (Å²) in [4.78, 5) is 7.22. The quantitative estimate of drug-likeness (QED) is 0.672. The van der Waals surface area contributed by atoms with Crippen molar-refractivity contribution in [3.05, 3.63) is 29.6 Å². The third-order valence-electron chi connectivity index (χ3n) is 3.90. The minimum Gasteiger partial charge on any atom is -0.288 e. The maximum Gasteiger partial charge on any atom is 0.0651 e. The number of hydrogen-bond donors (Lipinski definition) is 0. The zero-order valence-electron chi connectivity index (χ0n) is 8.66. The summed E-state index contributed by atoms with van der Waals surface area (Å²) in [5.41, 5.74) is 3.12. The molecule has 0 radical (unpaired) electrons. The molecule has 74 valence electrons. The third kappa shape index (κ3) is 0.871. The Balaban J connectivity index is 2.15. The van der Waals surface area contributed by atoms with Gasteiger partial charge in [-0.15, -0.1) is 0 Å². The van der Waals surface area contributed by atoms with Crippen LogP contribution in [-0.4, -0.2) is 16.4 Å². The van der Waals surface area contributed by atoms with Gasteiger partial charge in [-0.05, 0) is 37.4 Å². The highest BCUT2D eigenvalue weighted by atomic mass is 15.3. The van der Waals surface area contributed by atoms with Gasteiger partial charge in [0.1, 0.15) is 0 Å². The van der Waals surface area contributed by atoms with Gasteiger partial charge in [0.25, 0.3) is 0 Å². The molecule has 1 fully saturated rings. The van der Waals surface area contributed by atoms with Crippen LogP contribution in [0.25, 0.3) is 0 Å². The first-order chi connectivity index (χ1) is 6.87. The predicted molar refractivity (Wildman–Crippen MR) is 55.9 cm³/mol. The molecule has 1 aromatic heterocycles. The van der Waals surface area contributed by atoms with Crippen LogP contribution in [-0.2, 0) is 12.1 Å². The Kier molecular flexibility index (Phi) is 1.68. The molecule has 0 spiro atoms.